The van der Waals surface area contributed by atoms with Gasteiger partial charge in [-0.1, -0.05) is 31.5 Å². The molecule has 0 radical (unpaired) electrons. The first kappa shape index (κ1) is 13.2. The largest absolute Gasteiger partial charge is 0.320 e. The van der Waals surface area contributed by atoms with Gasteiger partial charge in [0.1, 0.15) is 0 Å². The van der Waals surface area contributed by atoms with Gasteiger partial charge in [0, 0.05) is 0 Å². The molecule has 1 rings (SSSR count). The number of rotatable bonds is 6. The van der Waals surface area contributed by atoms with Crippen LogP contribution in [0.1, 0.15) is 48.8 Å². The molecule has 1 heteroatoms. The zero-order valence-electron chi connectivity index (χ0n) is 11.1. The van der Waals surface area contributed by atoms with Crippen molar-refractivity contribution < 1.29 is 0 Å². The Morgan fingerprint density at radius 2 is 1.88 bits per heavy atom. The lowest BCUT2D eigenvalue weighted by Gasteiger charge is -2.17. The van der Waals surface area contributed by atoms with E-state index in [1.165, 1.54) is 36.0 Å². The molecule has 1 nitrogen and oxygen atoms in total. The number of hydrogen-bond donors (Lipinski definition) is 1. The predicted molar refractivity (Wildman–Crippen MR) is 72.1 cm³/mol. The lowest BCUT2D eigenvalue weighted by atomic mass is 9.89. The van der Waals surface area contributed by atoms with Crippen LogP contribution >= 0.6 is 0 Å². The molecule has 0 heterocycles. The molecule has 1 N–H and O–H groups in total. The maximum absolute atomic E-state index is 3.25. The SMILES string of the molecule is CCCC(CCNC)c1ccc(C)c(C)c1. The third-order valence-corrected chi connectivity index (χ3v) is 3.38. The van der Waals surface area contributed by atoms with Crippen LogP contribution in [0.5, 0.6) is 0 Å². The molecule has 1 aromatic rings. The van der Waals surface area contributed by atoms with E-state index in [1.807, 2.05) is 7.05 Å². The first-order valence-corrected chi connectivity index (χ1v) is 6.40. The summed E-state index contributed by atoms with van der Waals surface area (Å²) >= 11 is 0. The summed E-state index contributed by atoms with van der Waals surface area (Å²) in [6, 6.07) is 6.93. The van der Waals surface area contributed by atoms with E-state index in [4.69, 9.17) is 0 Å². The van der Waals surface area contributed by atoms with Gasteiger partial charge in [0.05, 0.1) is 0 Å². The van der Waals surface area contributed by atoms with Crippen molar-refractivity contribution in [2.45, 2.75) is 46.0 Å². The molecule has 1 aromatic carbocycles. The van der Waals surface area contributed by atoms with Crippen molar-refractivity contribution in [2.24, 2.45) is 0 Å². The number of benzene rings is 1. The number of nitrogens with one attached hydrogen (secondary N) is 1. The average molecular weight is 219 g/mol. The second kappa shape index (κ2) is 6.70. The minimum Gasteiger partial charge on any atom is -0.320 e. The highest BCUT2D eigenvalue weighted by Gasteiger charge is 2.10. The van der Waals surface area contributed by atoms with Gasteiger partial charge in [0.15, 0.2) is 0 Å². The maximum Gasteiger partial charge on any atom is -0.00461 e. The molecule has 0 saturated heterocycles. The van der Waals surface area contributed by atoms with E-state index in [9.17, 15) is 0 Å². The summed E-state index contributed by atoms with van der Waals surface area (Å²) in [5, 5.41) is 3.25. The molecule has 0 aliphatic rings. The van der Waals surface area contributed by atoms with E-state index < -0.39 is 0 Å². The van der Waals surface area contributed by atoms with Crippen molar-refractivity contribution in [3.8, 4) is 0 Å². The summed E-state index contributed by atoms with van der Waals surface area (Å²) in [7, 11) is 2.03. The molecule has 90 valence electrons. The van der Waals surface area contributed by atoms with Crippen LogP contribution in [0.2, 0.25) is 0 Å². The average Bonchev–Trinajstić information content (AvgIpc) is 2.28. The van der Waals surface area contributed by atoms with Gasteiger partial charge in [0.2, 0.25) is 0 Å². The van der Waals surface area contributed by atoms with Gasteiger partial charge >= 0.3 is 0 Å². The normalized spacial score (nSPS) is 12.8. The molecule has 0 saturated carbocycles. The van der Waals surface area contributed by atoms with Gasteiger partial charge in [-0.2, -0.15) is 0 Å². The fourth-order valence-corrected chi connectivity index (χ4v) is 2.16. The molecular weight excluding hydrogens is 194 g/mol. The van der Waals surface area contributed by atoms with Crippen LogP contribution in [0.15, 0.2) is 18.2 Å². The van der Waals surface area contributed by atoms with Gasteiger partial charge in [-0.15, -0.1) is 0 Å². The molecule has 1 atom stereocenters. The van der Waals surface area contributed by atoms with Crippen molar-refractivity contribution in [3.05, 3.63) is 34.9 Å². The second-order valence-corrected chi connectivity index (χ2v) is 4.72. The molecule has 0 aromatic heterocycles. The highest BCUT2D eigenvalue weighted by molar-refractivity contribution is 5.31. The quantitative estimate of drug-likeness (QED) is 0.767. The Balaban J connectivity index is 2.78. The van der Waals surface area contributed by atoms with Gasteiger partial charge in [-0.05, 0) is 62.9 Å². The topological polar surface area (TPSA) is 12.0 Å². The molecule has 0 spiro atoms. The van der Waals surface area contributed by atoms with Gasteiger partial charge in [0.25, 0.3) is 0 Å². The summed E-state index contributed by atoms with van der Waals surface area (Å²) in [6.07, 6.45) is 3.80. The molecular formula is C15H25N. The Hall–Kier alpha value is -0.820. The summed E-state index contributed by atoms with van der Waals surface area (Å²) in [6.45, 7) is 7.77. The molecule has 0 aliphatic carbocycles. The fourth-order valence-electron chi connectivity index (χ4n) is 2.16. The van der Waals surface area contributed by atoms with Crippen molar-refractivity contribution in [3.63, 3.8) is 0 Å². The van der Waals surface area contributed by atoms with Crippen molar-refractivity contribution in [1.29, 1.82) is 0 Å². The van der Waals surface area contributed by atoms with E-state index >= 15 is 0 Å². The van der Waals surface area contributed by atoms with Crippen LogP contribution in [0.3, 0.4) is 0 Å². The molecule has 0 fully saturated rings. The summed E-state index contributed by atoms with van der Waals surface area (Å²) in [5.74, 6) is 0.719. The first-order chi connectivity index (χ1) is 7.69. The number of aryl methyl sites for hydroxylation is 2. The van der Waals surface area contributed by atoms with Gasteiger partial charge in [-0.25, -0.2) is 0 Å². The van der Waals surface area contributed by atoms with Crippen LogP contribution < -0.4 is 5.32 Å². The van der Waals surface area contributed by atoms with Crippen LogP contribution in [0.4, 0.5) is 0 Å². The molecule has 0 amide bonds. The first-order valence-electron chi connectivity index (χ1n) is 6.40. The Bertz CT molecular complexity index is 317. The highest BCUT2D eigenvalue weighted by atomic mass is 14.8. The minimum atomic E-state index is 0.719. The predicted octanol–water partition coefficient (Wildman–Crippen LogP) is 3.80. The van der Waals surface area contributed by atoms with Crippen molar-refractivity contribution >= 4 is 0 Å². The molecule has 0 bridgehead atoms. The molecule has 0 aliphatic heterocycles. The van der Waals surface area contributed by atoms with Crippen LogP contribution in [-0.4, -0.2) is 13.6 Å². The van der Waals surface area contributed by atoms with Crippen molar-refractivity contribution in [1.82, 2.24) is 5.32 Å². The molecule has 1 unspecified atom stereocenters. The summed E-state index contributed by atoms with van der Waals surface area (Å²) in [5.41, 5.74) is 4.33. The third kappa shape index (κ3) is 3.64. The highest BCUT2D eigenvalue weighted by Crippen LogP contribution is 2.26. The Labute approximate surface area is 100 Å². The van der Waals surface area contributed by atoms with E-state index in [-0.39, 0.29) is 0 Å². The standard InChI is InChI=1S/C15H25N/c1-5-6-14(9-10-16-4)15-8-7-12(2)13(3)11-15/h7-8,11,14,16H,5-6,9-10H2,1-4H3. The zero-order valence-corrected chi connectivity index (χ0v) is 11.1. The van der Waals surface area contributed by atoms with Crippen LogP contribution in [0, 0.1) is 13.8 Å². The minimum absolute atomic E-state index is 0.719. The lowest BCUT2D eigenvalue weighted by molar-refractivity contribution is 0.551. The van der Waals surface area contributed by atoms with E-state index in [0.29, 0.717) is 0 Å². The Morgan fingerprint density at radius 1 is 1.12 bits per heavy atom. The Kier molecular flexibility index (Phi) is 5.54. The van der Waals surface area contributed by atoms with Gasteiger partial charge < -0.3 is 5.32 Å². The smallest absolute Gasteiger partial charge is 0.00461 e. The van der Waals surface area contributed by atoms with E-state index in [0.717, 1.165) is 12.5 Å². The monoisotopic (exact) mass is 219 g/mol. The van der Waals surface area contributed by atoms with E-state index in [2.05, 4.69) is 44.3 Å². The Morgan fingerprint density at radius 3 is 2.44 bits per heavy atom. The fraction of sp³-hybridized carbons (Fsp3) is 0.600. The second-order valence-electron chi connectivity index (χ2n) is 4.72. The van der Waals surface area contributed by atoms with Gasteiger partial charge in [-0.3, -0.25) is 0 Å². The van der Waals surface area contributed by atoms with Crippen molar-refractivity contribution in [2.75, 3.05) is 13.6 Å². The summed E-state index contributed by atoms with van der Waals surface area (Å²) < 4.78 is 0. The summed E-state index contributed by atoms with van der Waals surface area (Å²) in [4.78, 5) is 0. The van der Waals surface area contributed by atoms with E-state index in [1.54, 1.807) is 0 Å². The third-order valence-electron chi connectivity index (χ3n) is 3.38. The number of hydrogen-bond acceptors (Lipinski definition) is 1. The zero-order chi connectivity index (χ0) is 12.0. The lowest BCUT2D eigenvalue weighted by Crippen LogP contribution is -2.12. The maximum atomic E-state index is 3.25. The molecule has 16 heavy (non-hydrogen) atoms. The van der Waals surface area contributed by atoms with Crippen LogP contribution in [0.25, 0.3) is 0 Å². The van der Waals surface area contributed by atoms with Crippen LogP contribution in [-0.2, 0) is 0 Å².